The van der Waals surface area contributed by atoms with Crippen molar-refractivity contribution in [1.29, 1.82) is 0 Å². The lowest BCUT2D eigenvalue weighted by molar-refractivity contribution is -0.140. The first-order valence-corrected chi connectivity index (χ1v) is 9.17. The molecule has 0 heterocycles. The molecule has 2 nitrogen and oxygen atoms in total. The molecule has 0 fully saturated rings. The number of carboxylic acid groups (broad SMARTS) is 1. The van der Waals surface area contributed by atoms with E-state index in [1.807, 2.05) is 6.92 Å². The largest absolute Gasteiger partial charge is 0.481 e. The molecule has 1 rings (SSSR count). The molecule has 0 aliphatic heterocycles. The second-order valence-corrected chi connectivity index (χ2v) is 6.51. The standard InChI is InChI=1S/C19H34O2/c1-2-18(19(20)21)17-15-13-11-9-7-5-3-4-6-8-10-12-14-16-17/h15,18H,2-14,16H2,1H3,(H,20,21). The summed E-state index contributed by atoms with van der Waals surface area (Å²) < 4.78 is 0. The Bertz CT molecular complexity index is 307. The molecule has 0 aromatic carbocycles. The number of carbonyl (C=O) groups is 1. The van der Waals surface area contributed by atoms with Gasteiger partial charge in [0.2, 0.25) is 0 Å². The second-order valence-electron chi connectivity index (χ2n) is 6.51. The number of carboxylic acids is 1. The van der Waals surface area contributed by atoms with Crippen LogP contribution in [0.15, 0.2) is 11.6 Å². The predicted molar refractivity (Wildman–Crippen MR) is 89.5 cm³/mol. The van der Waals surface area contributed by atoms with Crippen LogP contribution >= 0.6 is 0 Å². The second kappa shape index (κ2) is 11.8. The van der Waals surface area contributed by atoms with E-state index in [2.05, 4.69) is 6.08 Å². The Balaban J connectivity index is 2.55. The fraction of sp³-hybridized carbons (Fsp3) is 0.842. The maximum atomic E-state index is 11.4. The molecule has 1 aliphatic carbocycles. The highest BCUT2D eigenvalue weighted by Gasteiger charge is 2.19. The van der Waals surface area contributed by atoms with E-state index >= 15 is 0 Å². The van der Waals surface area contributed by atoms with Gasteiger partial charge >= 0.3 is 5.97 Å². The van der Waals surface area contributed by atoms with Gasteiger partial charge in [0.1, 0.15) is 0 Å². The Morgan fingerprint density at radius 2 is 1.43 bits per heavy atom. The van der Waals surface area contributed by atoms with Crippen molar-refractivity contribution in [2.24, 2.45) is 5.92 Å². The molecule has 0 aromatic heterocycles. The number of aliphatic carboxylic acids is 1. The van der Waals surface area contributed by atoms with Crippen molar-refractivity contribution in [1.82, 2.24) is 0 Å². The molecule has 0 radical (unpaired) electrons. The molecular formula is C19H34O2. The van der Waals surface area contributed by atoms with Crippen LogP contribution in [0.1, 0.15) is 96.8 Å². The number of rotatable bonds is 3. The summed E-state index contributed by atoms with van der Waals surface area (Å²) in [5, 5.41) is 9.39. The van der Waals surface area contributed by atoms with Gasteiger partial charge in [0.25, 0.3) is 0 Å². The molecule has 0 bridgehead atoms. The minimum absolute atomic E-state index is 0.249. The molecule has 1 N–H and O–H groups in total. The summed E-state index contributed by atoms with van der Waals surface area (Å²) in [5.41, 5.74) is 1.19. The van der Waals surface area contributed by atoms with Crippen LogP contribution in [0.25, 0.3) is 0 Å². The van der Waals surface area contributed by atoms with Crippen LogP contribution in [-0.4, -0.2) is 11.1 Å². The smallest absolute Gasteiger partial charge is 0.310 e. The summed E-state index contributed by atoms with van der Waals surface area (Å²) in [6, 6.07) is 0. The Labute approximate surface area is 131 Å². The van der Waals surface area contributed by atoms with Gasteiger partial charge in [0.05, 0.1) is 5.92 Å². The summed E-state index contributed by atoms with van der Waals surface area (Å²) >= 11 is 0. The van der Waals surface area contributed by atoms with Gasteiger partial charge in [-0.2, -0.15) is 0 Å². The van der Waals surface area contributed by atoms with Gasteiger partial charge < -0.3 is 5.11 Å². The van der Waals surface area contributed by atoms with Crippen LogP contribution in [-0.2, 0) is 4.79 Å². The summed E-state index contributed by atoms with van der Waals surface area (Å²) in [6.07, 6.45) is 19.6. The minimum atomic E-state index is -0.637. The number of hydrogen-bond acceptors (Lipinski definition) is 1. The zero-order valence-electron chi connectivity index (χ0n) is 13.9. The van der Waals surface area contributed by atoms with Crippen LogP contribution in [0.3, 0.4) is 0 Å². The van der Waals surface area contributed by atoms with Crippen LogP contribution < -0.4 is 0 Å². The molecule has 0 saturated carbocycles. The molecule has 1 atom stereocenters. The Morgan fingerprint density at radius 3 is 1.90 bits per heavy atom. The average Bonchev–Trinajstić information content (AvgIpc) is 2.47. The molecule has 0 saturated heterocycles. The van der Waals surface area contributed by atoms with Crippen molar-refractivity contribution in [2.45, 2.75) is 96.8 Å². The molecule has 2 heteroatoms. The van der Waals surface area contributed by atoms with E-state index in [4.69, 9.17) is 0 Å². The zero-order chi connectivity index (χ0) is 15.3. The van der Waals surface area contributed by atoms with Gasteiger partial charge in [-0.15, -0.1) is 0 Å². The SMILES string of the molecule is CCC(C(=O)O)C1=CCCCCCCCCCCCCC1. The third-order valence-electron chi connectivity index (χ3n) is 4.73. The van der Waals surface area contributed by atoms with Crippen molar-refractivity contribution in [2.75, 3.05) is 0 Å². The molecule has 0 amide bonds. The lowest BCUT2D eigenvalue weighted by atomic mass is 9.90. The predicted octanol–water partition coefficient (Wildman–Crippen LogP) is 6.11. The fourth-order valence-corrected chi connectivity index (χ4v) is 3.37. The molecule has 1 aliphatic rings. The van der Waals surface area contributed by atoms with Crippen molar-refractivity contribution in [3.8, 4) is 0 Å². The van der Waals surface area contributed by atoms with E-state index < -0.39 is 5.97 Å². The van der Waals surface area contributed by atoms with Gasteiger partial charge in [-0.05, 0) is 32.1 Å². The first-order valence-electron chi connectivity index (χ1n) is 9.17. The van der Waals surface area contributed by atoms with Crippen LogP contribution in [0.5, 0.6) is 0 Å². The summed E-state index contributed by atoms with van der Waals surface area (Å²) in [5.74, 6) is -0.887. The highest BCUT2D eigenvalue weighted by Crippen LogP contribution is 2.24. The van der Waals surface area contributed by atoms with E-state index in [-0.39, 0.29) is 5.92 Å². The van der Waals surface area contributed by atoms with E-state index in [0.29, 0.717) is 0 Å². The van der Waals surface area contributed by atoms with Gasteiger partial charge in [-0.3, -0.25) is 4.79 Å². The first-order chi connectivity index (χ1) is 10.3. The van der Waals surface area contributed by atoms with E-state index in [9.17, 15) is 9.90 Å². The normalized spacial score (nSPS) is 21.7. The molecule has 0 aromatic rings. The average molecular weight is 294 g/mol. The zero-order valence-corrected chi connectivity index (χ0v) is 13.9. The highest BCUT2D eigenvalue weighted by atomic mass is 16.4. The highest BCUT2D eigenvalue weighted by molar-refractivity contribution is 5.73. The molecule has 1 unspecified atom stereocenters. The van der Waals surface area contributed by atoms with E-state index in [1.54, 1.807) is 0 Å². The van der Waals surface area contributed by atoms with Crippen molar-refractivity contribution in [3.05, 3.63) is 11.6 Å². The first kappa shape index (κ1) is 18.3. The monoisotopic (exact) mass is 294 g/mol. The number of hydrogen-bond donors (Lipinski definition) is 1. The van der Waals surface area contributed by atoms with Crippen molar-refractivity contribution in [3.63, 3.8) is 0 Å². The van der Waals surface area contributed by atoms with Crippen molar-refractivity contribution >= 4 is 5.97 Å². The Hall–Kier alpha value is -0.790. The third-order valence-corrected chi connectivity index (χ3v) is 4.73. The maximum absolute atomic E-state index is 11.4. The topological polar surface area (TPSA) is 37.3 Å². The summed E-state index contributed by atoms with van der Waals surface area (Å²) in [4.78, 5) is 11.4. The van der Waals surface area contributed by atoms with Gasteiger partial charge in [0.15, 0.2) is 0 Å². The summed E-state index contributed by atoms with van der Waals surface area (Å²) in [6.45, 7) is 2.00. The minimum Gasteiger partial charge on any atom is -0.481 e. The van der Waals surface area contributed by atoms with E-state index in [1.165, 1.54) is 69.8 Å². The van der Waals surface area contributed by atoms with Gasteiger partial charge in [-0.25, -0.2) is 0 Å². The molecule has 122 valence electrons. The van der Waals surface area contributed by atoms with Crippen molar-refractivity contribution < 1.29 is 9.90 Å². The van der Waals surface area contributed by atoms with Gasteiger partial charge in [-0.1, -0.05) is 76.4 Å². The Morgan fingerprint density at radius 1 is 0.952 bits per heavy atom. The van der Waals surface area contributed by atoms with Crippen LogP contribution in [0.4, 0.5) is 0 Å². The van der Waals surface area contributed by atoms with Crippen LogP contribution in [0, 0.1) is 5.92 Å². The fourth-order valence-electron chi connectivity index (χ4n) is 3.37. The summed E-state index contributed by atoms with van der Waals surface area (Å²) in [7, 11) is 0. The molecule has 0 spiro atoms. The quantitative estimate of drug-likeness (QED) is 0.638. The third kappa shape index (κ3) is 8.28. The van der Waals surface area contributed by atoms with E-state index in [0.717, 1.165) is 25.7 Å². The number of allylic oxidation sites excluding steroid dienone is 1. The Kier molecular flexibility index (Phi) is 10.3. The van der Waals surface area contributed by atoms with Crippen LogP contribution in [0.2, 0.25) is 0 Å². The molecule has 21 heavy (non-hydrogen) atoms. The maximum Gasteiger partial charge on any atom is 0.310 e. The lowest BCUT2D eigenvalue weighted by Crippen LogP contribution is -2.15. The lowest BCUT2D eigenvalue weighted by Gasteiger charge is -2.15. The molecular weight excluding hydrogens is 260 g/mol. The van der Waals surface area contributed by atoms with Gasteiger partial charge in [0, 0.05) is 0 Å².